The Labute approximate surface area is 197 Å². The van der Waals surface area contributed by atoms with Gasteiger partial charge in [-0.3, -0.25) is 5.10 Å². The highest BCUT2D eigenvalue weighted by molar-refractivity contribution is 5.81. The van der Waals surface area contributed by atoms with Crippen LogP contribution in [0.5, 0.6) is 0 Å². The Bertz CT molecular complexity index is 1250. The summed E-state index contributed by atoms with van der Waals surface area (Å²) in [4.78, 5) is 23.6. The Hall–Kier alpha value is -3.88. The number of carbonyl (C=O) groups excluding carboxylic acids is 1. The summed E-state index contributed by atoms with van der Waals surface area (Å²) in [7, 11) is 0. The second kappa shape index (κ2) is 8.81. The Morgan fingerprint density at radius 2 is 1.97 bits per heavy atom. The standard InChI is InChI=1S/C25H28N6O3/c1-25(2,3)34-24(32)31-10-8-18(9-11-31)29-22-19(12-16(13-26-22)17-14-27-28-15-17)23-30-20-6-4-5-7-21(20)33-23/h4-7,12-15,18H,8-11H2,1-3H3,(H,26,29)(H,27,28). The summed E-state index contributed by atoms with van der Waals surface area (Å²) in [5, 5.41) is 10.4. The molecule has 0 aliphatic carbocycles. The number of pyridine rings is 1. The normalized spacial score (nSPS) is 15.0. The molecule has 1 amide bonds. The molecule has 1 aliphatic heterocycles. The predicted molar refractivity (Wildman–Crippen MR) is 129 cm³/mol. The number of carbonyl (C=O) groups is 1. The van der Waals surface area contributed by atoms with E-state index in [-0.39, 0.29) is 12.1 Å². The molecule has 9 nitrogen and oxygen atoms in total. The number of hydrogen-bond acceptors (Lipinski definition) is 7. The number of aromatic nitrogens is 4. The summed E-state index contributed by atoms with van der Waals surface area (Å²) in [5.41, 5.74) is 3.65. The van der Waals surface area contributed by atoms with Crippen LogP contribution >= 0.6 is 0 Å². The average Bonchev–Trinajstić information content (AvgIpc) is 3.49. The van der Waals surface area contributed by atoms with Crippen molar-refractivity contribution in [3.8, 4) is 22.6 Å². The molecular formula is C25H28N6O3. The van der Waals surface area contributed by atoms with Gasteiger partial charge in [0, 0.05) is 42.7 Å². The van der Waals surface area contributed by atoms with E-state index in [1.54, 1.807) is 11.1 Å². The van der Waals surface area contributed by atoms with Crippen molar-refractivity contribution in [2.45, 2.75) is 45.3 Å². The number of rotatable bonds is 4. The van der Waals surface area contributed by atoms with Crippen molar-refractivity contribution in [2.24, 2.45) is 0 Å². The minimum absolute atomic E-state index is 0.161. The van der Waals surface area contributed by atoms with Gasteiger partial charge in [-0.15, -0.1) is 0 Å². The van der Waals surface area contributed by atoms with E-state index in [4.69, 9.17) is 14.1 Å². The number of hydrogen-bond donors (Lipinski definition) is 2. The topological polar surface area (TPSA) is 109 Å². The van der Waals surface area contributed by atoms with Gasteiger partial charge in [0.25, 0.3) is 0 Å². The number of nitrogens with zero attached hydrogens (tertiary/aromatic N) is 4. The molecule has 0 atom stereocenters. The lowest BCUT2D eigenvalue weighted by molar-refractivity contribution is 0.0210. The molecule has 0 saturated carbocycles. The summed E-state index contributed by atoms with van der Waals surface area (Å²) >= 11 is 0. The number of para-hydroxylation sites is 2. The summed E-state index contributed by atoms with van der Waals surface area (Å²) in [6.07, 6.45) is 6.71. The largest absolute Gasteiger partial charge is 0.444 e. The fourth-order valence-electron chi connectivity index (χ4n) is 4.02. The minimum Gasteiger partial charge on any atom is -0.444 e. The second-order valence-corrected chi connectivity index (χ2v) is 9.48. The van der Waals surface area contributed by atoms with Crippen LogP contribution in [0.1, 0.15) is 33.6 Å². The van der Waals surface area contributed by atoms with Crippen molar-refractivity contribution in [3.63, 3.8) is 0 Å². The fraction of sp³-hybridized carbons (Fsp3) is 0.360. The molecular weight excluding hydrogens is 432 g/mol. The van der Waals surface area contributed by atoms with Crippen molar-refractivity contribution < 1.29 is 13.9 Å². The van der Waals surface area contributed by atoms with Crippen molar-refractivity contribution >= 4 is 23.0 Å². The molecule has 0 bridgehead atoms. The maximum atomic E-state index is 12.4. The lowest BCUT2D eigenvalue weighted by Gasteiger charge is -2.34. The van der Waals surface area contributed by atoms with E-state index in [1.165, 1.54) is 0 Å². The van der Waals surface area contributed by atoms with Gasteiger partial charge in [0.1, 0.15) is 16.9 Å². The highest BCUT2D eigenvalue weighted by Gasteiger charge is 2.28. The average molecular weight is 461 g/mol. The van der Waals surface area contributed by atoms with E-state index in [1.807, 2.05) is 63.5 Å². The molecule has 1 aliphatic rings. The number of nitrogens with one attached hydrogen (secondary N) is 2. The zero-order valence-corrected chi connectivity index (χ0v) is 19.5. The summed E-state index contributed by atoms with van der Waals surface area (Å²) in [6, 6.07) is 9.87. The van der Waals surface area contributed by atoms with Crippen LogP contribution in [0.3, 0.4) is 0 Å². The van der Waals surface area contributed by atoms with Gasteiger partial charge in [0.15, 0.2) is 5.58 Å². The summed E-state index contributed by atoms with van der Waals surface area (Å²) in [5.74, 6) is 1.21. The van der Waals surface area contributed by atoms with E-state index in [0.717, 1.165) is 40.6 Å². The number of amides is 1. The van der Waals surface area contributed by atoms with E-state index >= 15 is 0 Å². The van der Waals surface area contributed by atoms with Crippen LogP contribution in [-0.2, 0) is 4.74 Å². The molecule has 176 valence electrons. The highest BCUT2D eigenvalue weighted by atomic mass is 16.6. The zero-order valence-electron chi connectivity index (χ0n) is 19.5. The summed E-state index contributed by atoms with van der Waals surface area (Å²) < 4.78 is 11.6. The first-order valence-electron chi connectivity index (χ1n) is 11.5. The third kappa shape index (κ3) is 4.73. The molecule has 2 N–H and O–H groups in total. The van der Waals surface area contributed by atoms with Gasteiger partial charge < -0.3 is 19.4 Å². The van der Waals surface area contributed by atoms with Crippen LogP contribution in [0, 0.1) is 0 Å². The molecule has 3 aromatic heterocycles. The molecule has 5 rings (SSSR count). The van der Waals surface area contributed by atoms with Crippen molar-refractivity contribution in [3.05, 3.63) is 48.9 Å². The third-order valence-corrected chi connectivity index (χ3v) is 5.73. The number of ether oxygens (including phenoxy) is 1. The van der Waals surface area contributed by atoms with Crippen LogP contribution in [0.25, 0.3) is 33.7 Å². The van der Waals surface area contributed by atoms with E-state index in [9.17, 15) is 4.79 Å². The molecule has 34 heavy (non-hydrogen) atoms. The lowest BCUT2D eigenvalue weighted by Crippen LogP contribution is -2.44. The Morgan fingerprint density at radius 3 is 2.68 bits per heavy atom. The first kappa shape index (κ1) is 21.9. The SMILES string of the molecule is CC(C)(C)OC(=O)N1CCC(Nc2ncc(-c3cn[nH]c3)cc2-c2nc3ccccc3o2)CC1. The lowest BCUT2D eigenvalue weighted by atomic mass is 10.0. The fourth-order valence-corrected chi connectivity index (χ4v) is 4.02. The van der Waals surface area contributed by atoms with Crippen molar-refractivity contribution in [1.29, 1.82) is 0 Å². The van der Waals surface area contributed by atoms with Crippen LogP contribution in [-0.4, -0.2) is 55.9 Å². The van der Waals surface area contributed by atoms with E-state index < -0.39 is 5.60 Å². The Balaban J connectivity index is 1.38. The predicted octanol–water partition coefficient (Wildman–Crippen LogP) is 5.09. The molecule has 0 radical (unpaired) electrons. The zero-order chi connectivity index (χ0) is 23.7. The number of piperidine rings is 1. The number of aromatic amines is 1. The van der Waals surface area contributed by atoms with Gasteiger partial charge in [0.2, 0.25) is 5.89 Å². The van der Waals surface area contributed by atoms with Crippen molar-refractivity contribution in [1.82, 2.24) is 25.1 Å². The van der Waals surface area contributed by atoms with Crippen LogP contribution in [0.15, 0.2) is 53.3 Å². The third-order valence-electron chi connectivity index (χ3n) is 5.73. The monoisotopic (exact) mass is 460 g/mol. The van der Waals surface area contributed by atoms with Gasteiger partial charge in [-0.05, 0) is 51.8 Å². The van der Waals surface area contributed by atoms with Gasteiger partial charge >= 0.3 is 6.09 Å². The van der Waals surface area contributed by atoms with E-state index in [0.29, 0.717) is 24.8 Å². The Morgan fingerprint density at radius 1 is 1.18 bits per heavy atom. The van der Waals surface area contributed by atoms with E-state index in [2.05, 4.69) is 20.5 Å². The van der Waals surface area contributed by atoms with Crippen molar-refractivity contribution in [2.75, 3.05) is 18.4 Å². The number of fused-ring (bicyclic) bond motifs is 1. The number of likely N-dealkylation sites (tertiary alicyclic amines) is 1. The molecule has 1 saturated heterocycles. The molecule has 1 aromatic carbocycles. The van der Waals surface area contributed by atoms with Gasteiger partial charge in [0.05, 0.1) is 11.8 Å². The second-order valence-electron chi connectivity index (χ2n) is 9.48. The maximum Gasteiger partial charge on any atom is 0.410 e. The van der Waals surface area contributed by atoms with Gasteiger partial charge in [-0.25, -0.2) is 14.8 Å². The molecule has 0 spiro atoms. The molecule has 0 unspecified atom stereocenters. The van der Waals surface area contributed by atoms with Gasteiger partial charge in [-0.1, -0.05) is 12.1 Å². The summed E-state index contributed by atoms with van der Waals surface area (Å²) in [6.45, 7) is 6.89. The number of H-pyrrole nitrogens is 1. The molecule has 9 heteroatoms. The minimum atomic E-state index is -0.499. The first-order chi connectivity index (χ1) is 16.4. The highest BCUT2D eigenvalue weighted by Crippen LogP contribution is 2.33. The smallest absolute Gasteiger partial charge is 0.410 e. The van der Waals surface area contributed by atoms with Gasteiger partial charge in [-0.2, -0.15) is 5.10 Å². The first-order valence-corrected chi connectivity index (χ1v) is 11.5. The van der Waals surface area contributed by atoms with Crippen LogP contribution in [0.2, 0.25) is 0 Å². The molecule has 4 heterocycles. The molecule has 4 aromatic rings. The number of oxazole rings is 1. The molecule has 1 fully saturated rings. The number of anilines is 1. The van der Waals surface area contributed by atoms with Crippen LogP contribution in [0.4, 0.5) is 10.6 Å². The van der Waals surface area contributed by atoms with Crippen LogP contribution < -0.4 is 5.32 Å². The quantitative estimate of drug-likeness (QED) is 0.436. The Kier molecular flexibility index (Phi) is 5.69. The number of benzene rings is 1. The maximum absolute atomic E-state index is 12.4.